The van der Waals surface area contributed by atoms with E-state index in [2.05, 4.69) is 11.4 Å². The molecule has 2 heterocycles. The average Bonchev–Trinajstić information content (AvgIpc) is 3.13. The predicted molar refractivity (Wildman–Crippen MR) is 113 cm³/mol. The third-order valence-corrected chi connectivity index (χ3v) is 5.90. The van der Waals surface area contributed by atoms with Crippen LogP contribution in [-0.4, -0.2) is 23.3 Å². The largest absolute Gasteiger partial charge is 0.324 e. The molecule has 1 N–H and O–H groups in total. The van der Waals surface area contributed by atoms with Crippen molar-refractivity contribution in [3.63, 3.8) is 0 Å². The van der Waals surface area contributed by atoms with E-state index in [9.17, 15) is 9.59 Å². The molecule has 142 valence electrons. The van der Waals surface area contributed by atoms with Gasteiger partial charge in [-0.15, -0.1) is 11.3 Å². The number of carbonyl (C=O) groups excluding carboxylic acids is 2. The highest BCUT2D eigenvalue weighted by molar-refractivity contribution is 7.10. The fraction of sp³-hybridized carbons (Fsp3) is 0.217. The number of aryl methyl sites for hydroxylation is 2. The molecule has 2 aromatic carbocycles. The molecule has 1 aliphatic heterocycles. The van der Waals surface area contributed by atoms with Crippen LogP contribution in [0.15, 0.2) is 60.0 Å². The summed E-state index contributed by atoms with van der Waals surface area (Å²) < 4.78 is 0. The molecule has 5 heteroatoms. The zero-order valence-corrected chi connectivity index (χ0v) is 16.8. The second kappa shape index (κ2) is 7.60. The molecule has 0 fully saturated rings. The van der Waals surface area contributed by atoms with Crippen molar-refractivity contribution >= 4 is 28.8 Å². The Morgan fingerprint density at radius 1 is 1.11 bits per heavy atom. The number of carbonyl (C=O) groups is 2. The number of hydrogen-bond donors (Lipinski definition) is 1. The van der Waals surface area contributed by atoms with Crippen molar-refractivity contribution in [2.75, 3.05) is 11.9 Å². The highest BCUT2D eigenvalue weighted by Crippen LogP contribution is 2.38. The van der Waals surface area contributed by atoms with Crippen molar-refractivity contribution in [2.45, 2.75) is 26.3 Å². The van der Waals surface area contributed by atoms with Gasteiger partial charge in [-0.25, -0.2) is 0 Å². The zero-order chi connectivity index (χ0) is 19.7. The van der Waals surface area contributed by atoms with Gasteiger partial charge in [-0.2, -0.15) is 0 Å². The van der Waals surface area contributed by atoms with E-state index in [1.807, 2.05) is 67.8 Å². The monoisotopic (exact) mass is 390 g/mol. The summed E-state index contributed by atoms with van der Waals surface area (Å²) in [6.45, 7) is 4.08. The maximum absolute atomic E-state index is 13.3. The molecule has 0 radical (unpaired) electrons. The molecular weight excluding hydrogens is 368 g/mol. The van der Waals surface area contributed by atoms with Gasteiger partial charge in [0.1, 0.15) is 6.54 Å². The van der Waals surface area contributed by atoms with Gasteiger partial charge in [0, 0.05) is 16.1 Å². The fourth-order valence-electron chi connectivity index (χ4n) is 3.71. The molecule has 1 unspecified atom stereocenters. The summed E-state index contributed by atoms with van der Waals surface area (Å²) in [5.74, 6) is -0.213. The number of anilines is 1. The normalized spacial score (nSPS) is 16.3. The number of amides is 2. The lowest BCUT2D eigenvalue weighted by Crippen LogP contribution is -2.39. The van der Waals surface area contributed by atoms with Gasteiger partial charge in [0.2, 0.25) is 11.8 Å². The van der Waals surface area contributed by atoms with E-state index in [-0.39, 0.29) is 30.8 Å². The summed E-state index contributed by atoms with van der Waals surface area (Å²) in [7, 11) is 0. The molecule has 2 amide bonds. The Hall–Kier alpha value is -2.92. The molecule has 1 aromatic heterocycles. The summed E-state index contributed by atoms with van der Waals surface area (Å²) in [6.07, 6.45) is 0.276. The van der Waals surface area contributed by atoms with Crippen molar-refractivity contribution < 1.29 is 9.59 Å². The molecule has 0 bridgehead atoms. The first-order valence-corrected chi connectivity index (χ1v) is 10.2. The second-order valence-corrected chi connectivity index (χ2v) is 8.22. The Kier molecular flexibility index (Phi) is 5.01. The SMILES string of the molecule is Cc1cccc(CC(=O)N2CC(=O)Nc3ccc(C)cc3C2c2cccs2)c1. The molecule has 1 atom stereocenters. The Balaban J connectivity index is 1.77. The van der Waals surface area contributed by atoms with Crippen LogP contribution in [0.5, 0.6) is 0 Å². The van der Waals surface area contributed by atoms with E-state index in [0.717, 1.165) is 32.8 Å². The van der Waals surface area contributed by atoms with Gasteiger partial charge in [-0.05, 0) is 36.9 Å². The number of benzene rings is 2. The first kappa shape index (κ1) is 18.4. The van der Waals surface area contributed by atoms with Gasteiger partial charge in [0.25, 0.3) is 0 Å². The van der Waals surface area contributed by atoms with Crippen LogP contribution in [0.4, 0.5) is 5.69 Å². The molecule has 4 rings (SSSR count). The van der Waals surface area contributed by atoms with Gasteiger partial charge in [0.05, 0.1) is 12.5 Å². The summed E-state index contributed by atoms with van der Waals surface area (Å²) in [5.41, 5.74) is 4.92. The number of rotatable bonds is 3. The van der Waals surface area contributed by atoms with Crippen LogP contribution >= 0.6 is 11.3 Å². The lowest BCUT2D eigenvalue weighted by atomic mass is 9.99. The molecule has 0 aliphatic carbocycles. The minimum atomic E-state index is -0.272. The van der Waals surface area contributed by atoms with Crippen LogP contribution in [0.1, 0.15) is 33.2 Å². The Labute approximate surface area is 168 Å². The van der Waals surface area contributed by atoms with E-state index in [4.69, 9.17) is 0 Å². The number of nitrogens with zero attached hydrogens (tertiary/aromatic N) is 1. The zero-order valence-electron chi connectivity index (χ0n) is 15.9. The third kappa shape index (κ3) is 3.71. The minimum absolute atomic E-state index is 0.0426. The van der Waals surface area contributed by atoms with Crippen molar-refractivity contribution in [1.82, 2.24) is 4.90 Å². The highest BCUT2D eigenvalue weighted by Gasteiger charge is 2.33. The predicted octanol–water partition coefficient (Wildman–Crippen LogP) is 4.48. The summed E-state index contributed by atoms with van der Waals surface area (Å²) >= 11 is 1.61. The van der Waals surface area contributed by atoms with Gasteiger partial charge >= 0.3 is 0 Å². The maximum atomic E-state index is 13.3. The molecule has 0 saturated carbocycles. The van der Waals surface area contributed by atoms with E-state index in [1.165, 1.54) is 0 Å². The lowest BCUT2D eigenvalue weighted by Gasteiger charge is -2.30. The standard InChI is InChI=1S/C23H22N2O2S/c1-15-5-3-6-17(11-15)13-22(27)25-14-21(26)24-19-9-8-16(2)12-18(19)23(25)20-7-4-10-28-20/h3-12,23H,13-14H2,1-2H3,(H,24,26). The first-order chi connectivity index (χ1) is 13.5. The van der Waals surface area contributed by atoms with Crippen LogP contribution in [0, 0.1) is 13.8 Å². The summed E-state index contributed by atoms with van der Waals surface area (Å²) in [5, 5.41) is 4.98. The topological polar surface area (TPSA) is 49.4 Å². The molecule has 0 spiro atoms. The third-order valence-electron chi connectivity index (χ3n) is 4.97. The number of hydrogen-bond acceptors (Lipinski definition) is 3. The van der Waals surface area contributed by atoms with Gasteiger partial charge in [-0.3, -0.25) is 9.59 Å². The van der Waals surface area contributed by atoms with Crippen LogP contribution in [0.2, 0.25) is 0 Å². The number of thiophene rings is 1. The quantitative estimate of drug-likeness (QED) is 0.717. The Morgan fingerprint density at radius 3 is 2.68 bits per heavy atom. The lowest BCUT2D eigenvalue weighted by molar-refractivity contribution is -0.135. The van der Waals surface area contributed by atoms with Gasteiger partial charge in [0.15, 0.2) is 0 Å². The van der Waals surface area contributed by atoms with Crippen molar-refractivity contribution in [2.24, 2.45) is 0 Å². The second-order valence-electron chi connectivity index (χ2n) is 7.24. The molecule has 4 nitrogen and oxygen atoms in total. The van der Waals surface area contributed by atoms with E-state index < -0.39 is 0 Å². The summed E-state index contributed by atoms with van der Waals surface area (Å²) in [6, 6.07) is 17.7. The fourth-order valence-corrected chi connectivity index (χ4v) is 4.56. The number of nitrogens with one attached hydrogen (secondary N) is 1. The number of fused-ring (bicyclic) bond motifs is 1. The Morgan fingerprint density at radius 2 is 1.93 bits per heavy atom. The van der Waals surface area contributed by atoms with Crippen LogP contribution in [0.3, 0.4) is 0 Å². The molecule has 28 heavy (non-hydrogen) atoms. The summed E-state index contributed by atoms with van der Waals surface area (Å²) in [4.78, 5) is 28.7. The van der Waals surface area contributed by atoms with Crippen molar-refractivity contribution in [3.05, 3.63) is 87.1 Å². The molecule has 0 saturated heterocycles. The first-order valence-electron chi connectivity index (χ1n) is 9.30. The van der Waals surface area contributed by atoms with Gasteiger partial charge in [-0.1, -0.05) is 53.6 Å². The van der Waals surface area contributed by atoms with Crippen molar-refractivity contribution in [3.8, 4) is 0 Å². The van der Waals surface area contributed by atoms with Crippen molar-refractivity contribution in [1.29, 1.82) is 0 Å². The highest BCUT2D eigenvalue weighted by atomic mass is 32.1. The van der Waals surface area contributed by atoms with E-state index >= 15 is 0 Å². The Bertz CT molecular complexity index is 1030. The molecule has 3 aromatic rings. The molecular formula is C23H22N2O2S. The van der Waals surface area contributed by atoms with E-state index in [1.54, 1.807) is 16.2 Å². The van der Waals surface area contributed by atoms with Gasteiger partial charge < -0.3 is 10.2 Å². The van der Waals surface area contributed by atoms with Crippen LogP contribution < -0.4 is 5.32 Å². The minimum Gasteiger partial charge on any atom is -0.324 e. The van der Waals surface area contributed by atoms with Crippen LogP contribution in [0.25, 0.3) is 0 Å². The smallest absolute Gasteiger partial charge is 0.244 e. The molecule has 1 aliphatic rings. The van der Waals surface area contributed by atoms with Crippen LogP contribution in [-0.2, 0) is 16.0 Å². The maximum Gasteiger partial charge on any atom is 0.244 e. The van der Waals surface area contributed by atoms with E-state index in [0.29, 0.717) is 0 Å². The average molecular weight is 391 g/mol.